The molecule has 1 amide bonds. The molecule has 7 nitrogen and oxygen atoms in total. The zero-order valence-electron chi connectivity index (χ0n) is 18.1. The van der Waals surface area contributed by atoms with Crippen molar-refractivity contribution in [1.82, 2.24) is 14.7 Å². The summed E-state index contributed by atoms with van der Waals surface area (Å²) in [7, 11) is -3.61. The number of rotatable bonds is 5. The van der Waals surface area contributed by atoms with Crippen molar-refractivity contribution < 1.29 is 13.2 Å². The summed E-state index contributed by atoms with van der Waals surface area (Å²) in [5.74, 6) is -0.402. The van der Waals surface area contributed by atoms with Gasteiger partial charge in [-0.2, -0.15) is 9.41 Å². The number of carbonyl (C=O) groups is 1. The van der Waals surface area contributed by atoms with Gasteiger partial charge >= 0.3 is 0 Å². The molecule has 1 aliphatic carbocycles. The average molecular weight is 441 g/mol. The average Bonchev–Trinajstić information content (AvgIpc) is 2.98. The Balaban J connectivity index is 1.46. The van der Waals surface area contributed by atoms with Crippen molar-refractivity contribution in [2.24, 2.45) is 15.9 Å². The predicted molar refractivity (Wildman–Crippen MR) is 119 cm³/mol. The van der Waals surface area contributed by atoms with E-state index in [0.717, 1.165) is 24.8 Å². The molecule has 1 saturated heterocycles. The molecule has 0 unspecified atom stereocenters. The Hall–Kier alpha value is -2.58. The van der Waals surface area contributed by atoms with E-state index in [4.69, 9.17) is 0 Å². The standard InChI is InChI=1S/C23H28N4O3S/c1-22(2)12-19-13-23(3,15-22)16-27(19)31(29,30)20-6-4-18(5-7-20)21(28)26-25-14-17-8-10-24-11-9-17/h4-11,14,19H,12-13,15-16H2,1-3H3,(H,26,28)/b25-14-/t19-,23-/m1/s1. The van der Waals surface area contributed by atoms with E-state index in [2.05, 4.69) is 36.3 Å². The summed E-state index contributed by atoms with van der Waals surface area (Å²) in [4.78, 5) is 16.5. The topological polar surface area (TPSA) is 91.7 Å². The number of fused-ring (bicyclic) bond motifs is 2. The van der Waals surface area contributed by atoms with E-state index in [0.29, 0.717) is 12.1 Å². The van der Waals surface area contributed by atoms with E-state index < -0.39 is 15.9 Å². The maximum atomic E-state index is 13.3. The fourth-order valence-electron chi connectivity index (χ4n) is 5.28. The van der Waals surface area contributed by atoms with Crippen LogP contribution in [0, 0.1) is 10.8 Å². The SMILES string of the molecule is CC1(C)C[C@@H]2C[C@@](C)(CN2S(=O)(=O)c2ccc(C(=O)N/N=C\c3ccncc3)cc2)C1. The van der Waals surface area contributed by atoms with Gasteiger partial charge in [-0.25, -0.2) is 13.8 Å². The van der Waals surface area contributed by atoms with E-state index in [1.165, 1.54) is 30.5 Å². The Morgan fingerprint density at radius 1 is 1.13 bits per heavy atom. The monoisotopic (exact) mass is 440 g/mol. The van der Waals surface area contributed by atoms with Crippen molar-refractivity contribution in [2.45, 2.75) is 51.0 Å². The van der Waals surface area contributed by atoms with Gasteiger partial charge in [-0.05, 0) is 72.1 Å². The van der Waals surface area contributed by atoms with Crippen molar-refractivity contribution >= 4 is 22.1 Å². The highest BCUT2D eigenvalue weighted by molar-refractivity contribution is 7.89. The Morgan fingerprint density at radius 3 is 2.48 bits per heavy atom. The van der Waals surface area contributed by atoms with E-state index in [-0.39, 0.29) is 21.8 Å². The first-order valence-corrected chi connectivity index (χ1v) is 11.9. The van der Waals surface area contributed by atoms with Crippen LogP contribution >= 0.6 is 0 Å². The van der Waals surface area contributed by atoms with Crippen LogP contribution in [0.15, 0.2) is 58.8 Å². The van der Waals surface area contributed by atoms with Crippen LogP contribution < -0.4 is 5.43 Å². The van der Waals surface area contributed by atoms with Crippen LogP contribution in [-0.2, 0) is 10.0 Å². The summed E-state index contributed by atoms with van der Waals surface area (Å²) in [6, 6.07) is 9.63. The van der Waals surface area contributed by atoms with Crippen molar-refractivity contribution in [3.05, 3.63) is 59.9 Å². The number of nitrogens with zero attached hydrogens (tertiary/aromatic N) is 3. The Kier molecular flexibility index (Phi) is 5.47. The molecule has 31 heavy (non-hydrogen) atoms. The normalized spacial score (nSPS) is 25.6. The number of amides is 1. The molecule has 1 N–H and O–H groups in total. The van der Waals surface area contributed by atoms with Gasteiger partial charge in [0.25, 0.3) is 5.91 Å². The summed E-state index contributed by atoms with van der Waals surface area (Å²) in [5.41, 5.74) is 3.77. The minimum absolute atomic E-state index is 0.0200. The highest BCUT2D eigenvalue weighted by atomic mass is 32.2. The van der Waals surface area contributed by atoms with Crippen LogP contribution in [0.2, 0.25) is 0 Å². The molecule has 2 aliphatic rings. The van der Waals surface area contributed by atoms with Crippen LogP contribution in [0.3, 0.4) is 0 Å². The molecule has 2 fully saturated rings. The Bertz CT molecular complexity index is 1100. The molecule has 0 spiro atoms. The fraction of sp³-hybridized carbons (Fsp3) is 0.435. The van der Waals surface area contributed by atoms with Gasteiger partial charge in [0.2, 0.25) is 10.0 Å². The van der Waals surface area contributed by atoms with Gasteiger partial charge in [-0.1, -0.05) is 20.8 Å². The molecule has 2 heterocycles. The maximum absolute atomic E-state index is 13.3. The smallest absolute Gasteiger partial charge is 0.267 e. The van der Waals surface area contributed by atoms with Gasteiger partial charge in [0.05, 0.1) is 11.1 Å². The maximum Gasteiger partial charge on any atom is 0.271 e. The molecule has 2 atom stereocenters. The molecule has 2 aromatic rings. The number of pyridine rings is 1. The summed E-state index contributed by atoms with van der Waals surface area (Å²) >= 11 is 0. The van der Waals surface area contributed by atoms with Gasteiger partial charge in [-0.3, -0.25) is 9.78 Å². The lowest BCUT2D eigenvalue weighted by atomic mass is 9.65. The number of hydrogen-bond acceptors (Lipinski definition) is 5. The highest BCUT2D eigenvalue weighted by Gasteiger charge is 2.53. The number of hydrazone groups is 1. The molecular formula is C23H28N4O3S. The summed E-state index contributed by atoms with van der Waals surface area (Å²) in [6.07, 6.45) is 7.60. The third-order valence-corrected chi connectivity index (χ3v) is 8.09. The quantitative estimate of drug-likeness (QED) is 0.570. The fourth-order valence-corrected chi connectivity index (χ4v) is 7.06. The third-order valence-electron chi connectivity index (χ3n) is 6.18. The van der Waals surface area contributed by atoms with E-state index >= 15 is 0 Å². The summed E-state index contributed by atoms with van der Waals surface area (Å²) < 4.78 is 28.4. The van der Waals surface area contributed by atoms with Crippen molar-refractivity contribution in [2.75, 3.05) is 6.54 Å². The zero-order valence-corrected chi connectivity index (χ0v) is 18.9. The molecule has 1 aromatic heterocycles. The molecule has 4 rings (SSSR count). The number of sulfonamides is 1. The van der Waals surface area contributed by atoms with E-state index in [1.54, 1.807) is 28.8 Å². The first-order chi connectivity index (χ1) is 14.6. The van der Waals surface area contributed by atoms with Gasteiger partial charge in [0.15, 0.2) is 0 Å². The number of carbonyl (C=O) groups excluding carboxylic acids is 1. The van der Waals surface area contributed by atoms with Gasteiger partial charge in [0.1, 0.15) is 0 Å². The molecule has 2 bridgehead atoms. The Morgan fingerprint density at radius 2 is 1.81 bits per heavy atom. The highest BCUT2D eigenvalue weighted by Crippen LogP contribution is 2.53. The van der Waals surface area contributed by atoms with E-state index in [1.807, 2.05) is 0 Å². The van der Waals surface area contributed by atoms with Crippen molar-refractivity contribution in [3.8, 4) is 0 Å². The van der Waals surface area contributed by atoms with Gasteiger partial charge in [0, 0.05) is 30.5 Å². The molecule has 0 radical (unpaired) electrons. The third kappa shape index (κ3) is 4.55. The molecular weight excluding hydrogens is 412 g/mol. The Labute approximate surface area is 183 Å². The number of nitrogens with one attached hydrogen (secondary N) is 1. The number of benzene rings is 1. The van der Waals surface area contributed by atoms with Crippen molar-refractivity contribution in [1.29, 1.82) is 0 Å². The van der Waals surface area contributed by atoms with Crippen LogP contribution in [-0.4, -0.2) is 42.4 Å². The molecule has 1 aromatic carbocycles. The first kappa shape index (κ1) is 21.6. The molecule has 8 heteroatoms. The lowest BCUT2D eigenvalue weighted by molar-refractivity contribution is 0.0955. The molecule has 1 saturated carbocycles. The second-order valence-corrected chi connectivity index (χ2v) is 11.7. The van der Waals surface area contributed by atoms with Crippen molar-refractivity contribution in [3.63, 3.8) is 0 Å². The lowest BCUT2D eigenvalue weighted by Crippen LogP contribution is -2.37. The minimum Gasteiger partial charge on any atom is -0.267 e. The molecule has 1 aliphatic heterocycles. The number of hydrogen-bond donors (Lipinski definition) is 1. The minimum atomic E-state index is -3.61. The summed E-state index contributed by atoms with van der Waals surface area (Å²) in [5, 5.41) is 3.93. The first-order valence-electron chi connectivity index (χ1n) is 10.4. The van der Waals surface area contributed by atoms with Gasteiger partial charge in [-0.15, -0.1) is 0 Å². The predicted octanol–water partition coefficient (Wildman–Crippen LogP) is 3.43. The number of aromatic nitrogens is 1. The van der Waals surface area contributed by atoms with Crippen LogP contribution in [0.4, 0.5) is 0 Å². The second kappa shape index (κ2) is 7.84. The summed E-state index contributed by atoms with van der Waals surface area (Å²) in [6.45, 7) is 7.18. The van der Waals surface area contributed by atoms with Crippen LogP contribution in [0.5, 0.6) is 0 Å². The van der Waals surface area contributed by atoms with Gasteiger partial charge < -0.3 is 0 Å². The van der Waals surface area contributed by atoms with Crippen LogP contribution in [0.1, 0.15) is 56.0 Å². The lowest BCUT2D eigenvalue weighted by Gasteiger charge is -2.39. The molecule has 164 valence electrons. The zero-order chi connectivity index (χ0) is 22.3. The largest absolute Gasteiger partial charge is 0.271 e. The van der Waals surface area contributed by atoms with Crippen LogP contribution in [0.25, 0.3) is 0 Å². The second-order valence-electron chi connectivity index (χ2n) is 9.77. The van der Waals surface area contributed by atoms with E-state index in [9.17, 15) is 13.2 Å².